The average Bonchev–Trinajstić information content (AvgIpc) is 2.71. The number of nitrogens with zero attached hydrogens (tertiary/aromatic N) is 1. The smallest absolute Gasteiger partial charge is 0.251 e. The maximum absolute atomic E-state index is 13.1. The number of hydrogen-bond donors (Lipinski definition) is 3. The van der Waals surface area contributed by atoms with E-state index in [0.717, 1.165) is 0 Å². The number of rotatable bonds is 7. The van der Waals surface area contributed by atoms with Crippen molar-refractivity contribution in [1.82, 2.24) is 15.3 Å². The van der Waals surface area contributed by atoms with Crippen molar-refractivity contribution < 1.29 is 9.59 Å². The summed E-state index contributed by atoms with van der Waals surface area (Å²) < 4.78 is 0. The number of amides is 2. The summed E-state index contributed by atoms with van der Waals surface area (Å²) in [5.41, 5.74) is 2.25. The molecule has 0 aliphatic rings. The van der Waals surface area contributed by atoms with Crippen LogP contribution in [-0.2, 0) is 9.59 Å². The van der Waals surface area contributed by atoms with Gasteiger partial charge in [0, 0.05) is 29.4 Å². The molecule has 1 unspecified atom stereocenters. The van der Waals surface area contributed by atoms with E-state index in [0.29, 0.717) is 34.8 Å². The topological polar surface area (TPSA) is 104 Å². The molecule has 0 saturated heterocycles. The Bertz CT molecular complexity index is 1120. The third-order valence-electron chi connectivity index (χ3n) is 4.57. The van der Waals surface area contributed by atoms with Crippen LogP contribution in [0.2, 0.25) is 0 Å². The van der Waals surface area contributed by atoms with Gasteiger partial charge in [-0.25, -0.2) is 4.98 Å². The minimum atomic E-state index is -0.826. The molecule has 2 aromatic carbocycles. The van der Waals surface area contributed by atoms with Crippen LogP contribution >= 0.6 is 0 Å². The summed E-state index contributed by atoms with van der Waals surface area (Å²) in [5.74, 6) is 0.0616. The molecule has 7 nitrogen and oxygen atoms in total. The highest BCUT2D eigenvalue weighted by molar-refractivity contribution is 5.98. The van der Waals surface area contributed by atoms with Crippen molar-refractivity contribution in [3.05, 3.63) is 82.3 Å². The number of hydrogen-bond acceptors (Lipinski definition) is 4. The number of aromatic nitrogens is 2. The molecule has 1 aromatic heterocycles. The van der Waals surface area contributed by atoms with E-state index in [4.69, 9.17) is 0 Å². The Kier molecular flexibility index (Phi) is 6.97. The minimum Gasteiger partial charge on any atom is -0.341 e. The van der Waals surface area contributed by atoms with Crippen molar-refractivity contribution in [2.45, 2.75) is 33.2 Å². The van der Waals surface area contributed by atoms with Gasteiger partial charge in [0.2, 0.25) is 5.91 Å². The molecule has 0 fully saturated rings. The van der Waals surface area contributed by atoms with Crippen LogP contribution in [0.1, 0.15) is 37.6 Å². The molecule has 0 bridgehead atoms. The van der Waals surface area contributed by atoms with Crippen molar-refractivity contribution >= 4 is 17.5 Å². The number of carbonyl (C=O) groups is 2. The SMILES string of the molecule is Cc1cc(=O)[nH]c(-c2cccc(NC(=O)C(NC(=O)CC(C)C)c3ccccc3)c2)n1. The lowest BCUT2D eigenvalue weighted by atomic mass is 10.0. The first-order valence-electron chi connectivity index (χ1n) is 10.2. The van der Waals surface area contributed by atoms with E-state index in [-0.39, 0.29) is 23.3 Å². The third kappa shape index (κ3) is 6.12. The molecular formula is C24H26N4O3. The summed E-state index contributed by atoms with van der Waals surface area (Å²) >= 11 is 0. The van der Waals surface area contributed by atoms with Gasteiger partial charge in [-0.3, -0.25) is 14.4 Å². The Balaban J connectivity index is 1.84. The Morgan fingerprint density at radius 2 is 1.77 bits per heavy atom. The van der Waals surface area contributed by atoms with Crippen LogP contribution < -0.4 is 16.2 Å². The summed E-state index contributed by atoms with van der Waals surface area (Å²) in [4.78, 5) is 44.3. The number of anilines is 1. The Hall–Kier alpha value is -3.74. The first-order chi connectivity index (χ1) is 14.8. The van der Waals surface area contributed by atoms with Crippen LogP contribution in [0.5, 0.6) is 0 Å². The predicted octanol–water partition coefficient (Wildman–Crippen LogP) is 3.59. The lowest BCUT2D eigenvalue weighted by Crippen LogP contribution is -2.37. The average molecular weight is 418 g/mol. The van der Waals surface area contributed by atoms with Crippen molar-refractivity contribution in [3.8, 4) is 11.4 Å². The molecular weight excluding hydrogens is 392 g/mol. The fourth-order valence-corrected chi connectivity index (χ4v) is 3.21. The van der Waals surface area contributed by atoms with Crippen LogP contribution in [0, 0.1) is 12.8 Å². The van der Waals surface area contributed by atoms with Gasteiger partial charge in [-0.1, -0.05) is 56.3 Å². The van der Waals surface area contributed by atoms with Gasteiger partial charge >= 0.3 is 0 Å². The maximum Gasteiger partial charge on any atom is 0.251 e. The Labute approximate surface area is 180 Å². The van der Waals surface area contributed by atoms with Gasteiger partial charge < -0.3 is 15.6 Å². The van der Waals surface area contributed by atoms with Gasteiger partial charge in [-0.05, 0) is 30.5 Å². The summed E-state index contributed by atoms with van der Waals surface area (Å²) in [6.45, 7) is 5.65. The highest BCUT2D eigenvalue weighted by Crippen LogP contribution is 2.21. The monoisotopic (exact) mass is 418 g/mol. The Morgan fingerprint density at radius 3 is 2.45 bits per heavy atom. The van der Waals surface area contributed by atoms with Gasteiger partial charge in [0.15, 0.2) is 0 Å². The molecule has 1 heterocycles. The van der Waals surface area contributed by atoms with E-state index in [2.05, 4.69) is 20.6 Å². The molecule has 31 heavy (non-hydrogen) atoms. The first-order valence-corrected chi connectivity index (χ1v) is 10.2. The van der Waals surface area contributed by atoms with E-state index in [9.17, 15) is 14.4 Å². The van der Waals surface area contributed by atoms with Crippen LogP contribution in [-0.4, -0.2) is 21.8 Å². The zero-order valence-corrected chi connectivity index (χ0v) is 17.8. The van der Waals surface area contributed by atoms with Crippen molar-refractivity contribution in [2.24, 2.45) is 5.92 Å². The fraction of sp³-hybridized carbons (Fsp3) is 0.250. The number of nitrogens with one attached hydrogen (secondary N) is 3. The van der Waals surface area contributed by atoms with Crippen LogP contribution in [0.25, 0.3) is 11.4 Å². The standard InChI is InChI=1S/C24H26N4O3/c1-15(2)12-20(29)27-22(17-8-5-4-6-9-17)24(31)26-19-11-7-10-18(14-19)23-25-16(3)13-21(30)28-23/h4-11,13-15,22H,12H2,1-3H3,(H,26,31)(H,27,29)(H,25,28,30). The van der Waals surface area contributed by atoms with E-state index < -0.39 is 6.04 Å². The second kappa shape index (κ2) is 9.84. The van der Waals surface area contributed by atoms with E-state index in [1.54, 1.807) is 43.3 Å². The van der Waals surface area contributed by atoms with Crippen molar-refractivity contribution in [3.63, 3.8) is 0 Å². The van der Waals surface area contributed by atoms with Crippen LogP contribution in [0.3, 0.4) is 0 Å². The van der Waals surface area contributed by atoms with E-state index >= 15 is 0 Å². The van der Waals surface area contributed by atoms with Crippen LogP contribution in [0.4, 0.5) is 5.69 Å². The van der Waals surface area contributed by atoms with Gasteiger partial charge in [0.05, 0.1) is 0 Å². The Morgan fingerprint density at radius 1 is 1.03 bits per heavy atom. The summed E-state index contributed by atoms with van der Waals surface area (Å²) in [7, 11) is 0. The fourth-order valence-electron chi connectivity index (χ4n) is 3.21. The van der Waals surface area contributed by atoms with Crippen LogP contribution in [0.15, 0.2) is 65.5 Å². The normalized spacial score (nSPS) is 11.7. The second-order valence-corrected chi connectivity index (χ2v) is 7.81. The molecule has 3 rings (SSSR count). The number of aryl methyl sites for hydroxylation is 1. The predicted molar refractivity (Wildman–Crippen MR) is 120 cm³/mol. The minimum absolute atomic E-state index is 0.181. The summed E-state index contributed by atoms with van der Waals surface area (Å²) in [5, 5.41) is 5.70. The maximum atomic E-state index is 13.1. The highest BCUT2D eigenvalue weighted by atomic mass is 16.2. The molecule has 3 aromatic rings. The second-order valence-electron chi connectivity index (χ2n) is 7.81. The lowest BCUT2D eigenvalue weighted by Gasteiger charge is -2.20. The molecule has 0 spiro atoms. The first kappa shape index (κ1) is 22.0. The lowest BCUT2D eigenvalue weighted by molar-refractivity contribution is -0.127. The molecule has 2 amide bonds. The highest BCUT2D eigenvalue weighted by Gasteiger charge is 2.23. The van der Waals surface area contributed by atoms with Crippen molar-refractivity contribution in [1.29, 1.82) is 0 Å². The molecule has 0 aliphatic carbocycles. The van der Waals surface area contributed by atoms with E-state index in [1.807, 2.05) is 32.0 Å². The molecule has 0 radical (unpaired) electrons. The van der Waals surface area contributed by atoms with E-state index in [1.165, 1.54) is 6.07 Å². The molecule has 0 saturated carbocycles. The van der Waals surface area contributed by atoms with Gasteiger partial charge in [-0.2, -0.15) is 0 Å². The molecule has 0 aliphatic heterocycles. The molecule has 160 valence electrons. The zero-order valence-electron chi connectivity index (χ0n) is 17.8. The number of carbonyl (C=O) groups excluding carboxylic acids is 2. The number of benzene rings is 2. The quantitative estimate of drug-likeness (QED) is 0.545. The van der Waals surface area contributed by atoms with Crippen molar-refractivity contribution in [2.75, 3.05) is 5.32 Å². The molecule has 3 N–H and O–H groups in total. The number of aromatic amines is 1. The zero-order chi connectivity index (χ0) is 22.4. The summed E-state index contributed by atoms with van der Waals surface area (Å²) in [6, 6.07) is 16.7. The molecule has 1 atom stereocenters. The number of H-pyrrole nitrogens is 1. The summed E-state index contributed by atoms with van der Waals surface area (Å²) in [6.07, 6.45) is 0.332. The van der Waals surface area contributed by atoms with Gasteiger partial charge in [0.25, 0.3) is 11.5 Å². The molecule has 7 heteroatoms. The van der Waals surface area contributed by atoms with Gasteiger partial charge in [0.1, 0.15) is 11.9 Å². The van der Waals surface area contributed by atoms with Gasteiger partial charge in [-0.15, -0.1) is 0 Å². The largest absolute Gasteiger partial charge is 0.341 e. The third-order valence-corrected chi connectivity index (χ3v) is 4.57.